The SMILES string of the molecule is CC1(C)CC1c1ncc(C(=O)O)s1. The fourth-order valence-electron chi connectivity index (χ4n) is 1.44. The molecule has 3 nitrogen and oxygen atoms in total. The summed E-state index contributed by atoms with van der Waals surface area (Å²) in [5, 5.41) is 9.68. The van der Waals surface area contributed by atoms with E-state index in [2.05, 4.69) is 18.8 Å². The van der Waals surface area contributed by atoms with Gasteiger partial charge in [0.05, 0.1) is 11.2 Å². The highest BCUT2D eigenvalue weighted by Gasteiger charge is 2.48. The van der Waals surface area contributed by atoms with Crippen LogP contribution < -0.4 is 0 Å². The van der Waals surface area contributed by atoms with Crippen molar-refractivity contribution in [3.63, 3.8) is 0 Å². The molecule has 0 aliphatic heterocycles. The van der Waals surface area contributed by atoms with Crippen molar-refractivity contribution in [2.24, 2.45) is 5.41 Å². The number of aromatic nitrogens is 1. The number of thiazole rings is 1. The molecule has 0 amide bonds. The van der Waals surface area contributed by atoms with Crippen LogP contribution in [0.25, 0.3) is 0 Å². The average Bonchev–Trinajstić information content (AvgIpc) is 2.50. The van der Waals surface area contributed by atoms with Crippen LogP contribution >= 0.6 is 11.3 Å². The summed E-state index contributed by atoms with van der Waals surface area (Å²) in [5.74, 6) is -0.396. The monoisotopic (exact) mass is 197 g/mol. The third kappa shape index (κ3) is 1.46. The van der Waals surface area contributed by atoms with Crippen LogP contribution in [0.4, 0.5) is 0 Å². The van der Waals surface area contributed by atoms with Crippen molar-refractivity contribution >= 4 is 17.3 Å². The van der Waals surface area contributed by atoms with Crippen molar-refractivity contribution in [1.82, 2.24) is 4.98 Å². The molecule has 4 heteroatoms. The molecule has 0 saturated heterocycles. The van der Waals surface area contributed by atoms with Gasteiger partial charge < -0.3 is 5.11 Å². The van der Waals surface area contributed by atoms with Gasteiger partial charge in [-0.2, -0.15) is 0 Å². The molecule has 1 aromatic rings. The van der Waals surface area contributed by atoms with Gasteiger partial charge >= 0.3 is 5.97 Å². The van der Waals surface area contributed by atoms with Crippen molar-refractivity contribution in [3.8, 4) is 0 Å². The zero-order valence-electron chi connectivity index (χ0n) is 7.57. The maximum absolute atomic E-state index is 10.6. The van der Waals surface area contributed by atoms with Crippen molar-refractivity contribution < 1.29 is 9.90 Å². The van der Waals surface area contributed by atoms with Gasteiger partial charge in [0.15, 0.2) is 0 Å². The van der Waals surface area contributed by atoms with Crippen LogP contribution in [0.1, 0.15) is 40.9 Å². The van der Waals surface area contributed by atoms with Crippen molar-refractivity contribution in [1.29, 1.82) is 0 Å². The van der Waals surface area contributed by atoms with E-state index in [9.17, 15) is 4.79 Å². The highest BCUT2D eigenvalue weighted by molar-refractivity contribution is 7.13. The van der Waals surface area contributed by atoms with Gasteiger partial charge in [0.25, 0.3) is 0 Å². The van der Waals surface area contributed by atoms with E-state index in [1.54, 1.807) is 0 Å². The molecule has 0 bridgehead atoms. The zero-order valence-corrected chi connectivity index (χ0v) is 8.39. The number of carbonyl (C=O) groups is 1. The van der Waals surface area contributed by atoms with E-state index in [1.807, 2.05) is 0 Å². The highest BCUT2D eigenvalue weighted by atomic mass is 32.1. The Morgan fingerprint density at radius 3 is 2.77 bits per heavy atom. The second-order valence-corrected chi connectivity index (χ2v) is 5.18. The molecule has 1 heterocycles. The summed E-state index contributed by atoms with van der Waals surface area (Å²) in [4.78, 5) is 15.1. The summed E-state index contributed by atoms with van der Waals surface area (Å²) < 4.78 is 0. The van der Waals surface area contributed by atoms with Gasteiger partial charge in [0.1, 0.15) is 4.88 Å². The fourth-order valence-corrected chi connectivity index (χ4v) is 2.50. The number of aromatic carboxylic acids is 1. The molecular weight excluding hydrogens is 186 g/mol. The Bertz CT molecular complexity index is 356. The number of nitrogens with zero attached hydrogens (tertiary/aromatic N) is 1. The van der Waals surface area contributed by atoms with Gasteiger partial charge in [-0.25, -0.2) is 9.78 Å². The molecule has 0 aromatic carbocycles. The third-order valence-corrected chi connectivity index (χ3v) is 3.64. The Balaban J connectivity index is 2.20. The number of carboxylic acids is 1. The molecular formula is C9H11NO2S. The lowest BCUT2D eigenvalue weighted by molar-refractivity contribution is 0.0702. The Labute approximate surface area is 80.4 Å². The summed E-state index contributed by atoms with van der Waals surface area (Å²) in [7, 11) is 0. The predicted molar refractivity (Wildman–Crippen MR) is 50.2 cm³/mol. The first-order valence-corrected chi connectivity index (χ1v) is 5.01. The minimum absolute atomic E-state index is 0.327. The lowest BCUT2D eigenvalue weighted by Crippen LogP contribution is -1.90. The largest absolute Gasteiger partial charge is 0.477 e. The zero-order chi connectivity index (χ0) is 9.64. The standard InChI is InChI=1S/C9H11NO2S/c1-9(2)3-5(9)7-10-4-6(13-7)8(11)12/h4-5H,3H2,1-2H3,(H,11,12). The van der Waals surface area contributed by atoms with Gasteiger partial charge in [-0.1, -0.05) is 13.8 Å². The maximum atomic E-state index is 10.6. The summed E-state index contributed by atoms with van der Waals surface area (Å²) in [6.07, 6.45) is 2.58. The van der Waals surface area contributed by atoms with E-state index in [0.717, 1.165) is 11.4 Å². The first-order chi connectivity index (χ1) is 6.00. The maximum Gasteiger partial charge on any atom is 0.347 e. The molecule has 0 spiro atoms. The first-order valence-electron chi connectivity index (χ1n) is 4.20. The molecule has 1 atom stereocenters. The molecule has 1 aliphatic rings. The molecule has 1 aliphatic carbocycles. The average molecular weight is 197 g/mol. The molecule has 70 valence electrons. The summed E-state index contributed by atoms with van der Waals surface area (Å²) in [6, 6.07) is 0. The first kappa shape index (κ1) is 8.69. The molecule has 1 aromatic heterocycles. The Morgan fingerprint density at radius 2 is 2.38 bits per heavy atom. The van der Waals surface area contributed by atoms with Crippen LogP contribution in [0.5, 0.6) is 0 Å². The van der Waals surface area contributed by atoms with Crippen LogP contribution in [-0.4, -0.2) is 16.1 Å². The van der Waals surface area contributed by atoms with E-state index in [-0.39, 0.29) is 0 Å². The smallest absolute Gasteiger partial charge is 0.347 e. The van der Waals surface area contributed by atoms with Gasteiger partial charge in [-0.15, -0.1) is 11.3 Å². The van der Waals surface area contributed by atoms with Crippen LogP contribution in [0.15, 0.2) is 6.20 Å². The lowest BCUT2D eigenvalue weighted by atomic mass is 10.1. The Kier molecular flexibility index (Phi) is 1.70. The van der Waals surface area contributed by atoms with Crippen LogP contribution in [0.3, 0.4) is 0 Å². The lowest BCUT2D eigenvalue weighted by Gasteiger charge is -1.97. The van der Waals surface area contributed by atoms with Crippen LogP contribution in [0.2, 0.25) is 0 Å². The van der Waals surface area contributed by atoms with E-state index >= 15 is 0 Å². The van der Waals surface area contributed by atoms with E-state index in [4.69, 9.17) is 5.11 Å². The van der Waals surface area contributed by atoms with Gasteiger partial charge in [0.2, 0.25) is 0 Å². The van der Waals surface area contributed by atoms with Gasteiger partial charge in [0, 0.05) is 5.92 Å². The molecule has 2 rings (SSSR count). The van der Waals surface area contributed by atoms with E-state index in [1.165, 1.54) is 17.5 Å². The summed E-state index contributed by atoms with van der Waals surface area (Å²) in [5.41, 5.74) is 0.327. The minimum atomic E-state index is -0.873. The number of rotatable bonds is 2. The minimum Gasteiger partial charge on any atom is -0.477 e. The van der Waals surface area contributed by atoms with E-state index < -0.39 is 5.97 Å². The summed E-state index contributed by atoms with van der Waals surface area (Å²) in [6.45, 7) is 4.36. The summed E-state index contributed by atoms with van der Waals surface area (Å²) >= 11 is 1.30. The normalized spacial score (nSPS) is 24.3. The fraction of sp³-hybridized carbons (Fsp3) is 0.556. The van der Waals surface area contributed by atoms with Crippen LogP contribution in [-0.2, 0) is 0 Å². The van der Waals surface area contributed by atoms with Crippen molar-refractivity contribution in [2.75, 3.05) is 0 Å². The molecule has 13 heavy (non-hydrogen) atoms. The molecule has 1 saturated carbocycles. The van der Waals surface area contributed by atoms with Gasteiger partial charge in [-0.3, -0.25) is 0 Å². The molecule has 1 fully saturated rings. The van der Waals surface area contributed by atoms with Crippen molar-refractivity contribution in [2.45, 2.75) is 26.2 Å². The van der Waals surface area contributed by atoms with E-state index in [0.29, 0.717) is 16.2 Å². The molecule has 0 radical (unpaired) electrons. The van der Waals surface area contributed by atoms with Gasteiger partial charge in [-0.05, 0) is 11.8 Å². The molecule has 1 N–H and O–H groups in total. The quantitative estimate of drug-likeness (QED) is 0.791. The number of hydrogen-bond donors (Lipinski definition) is 1. The Hall–Kier alpha value is -0.900. The third-order valence-electron chi connectivity index (χ3n) is 2.55. The highest BCUT2D eigenvalue weighted by Crippen LogP contribution is 2.59. The van der Waals surface area contributed by atoms with Crippen LogP contribution in [0, 0.1) is 5.41 Å². The Morgan fingerprint density at radius 1 is 1.77 bits per heavy atom. The molecule has 1 unspecified atom stereocenters. The van der Waals surface area contributed by atoms with Crippen molar-refractivity contribution in [3.05, 3.63) is 16.1 Å². The number of carboxylic acid groups (broad SMARTS) is 1. The number of hydrogen-bond acceptors (Lipinski definition) is 3. The second-order valence-electron chi connectivity index (χ2n) is 4.11. The topological polar surface area (TPSA) is 50.2 Å². The second kappa shape index (κ2) is 2.54. The predicted octanol–water partition coefficient (Wildman–Crippen LogP) is 2.35.